The summed E-state index contributed by atoms with van der Waals surface area (Å²) in [5.41, 5.74) is 14.3. The second-order valence-corrected chi connectivity index (χ2v) is 8.78. The zero-order chi connectivity index (χ0) is 24.1. The van der Waals surface area contributed by atoms with Crippen LogP contribution in [0.4, 0.5) is 11.4 Å². The number of unbranched alkanes of at least 4 members (excludes halogenated alkanes) is 8. The lowest BCUT2D eigenvalue weighted by Gasteiger charge is -2.12. The number of hydrogen-bond donors (Lipinski definition) is 2. The van der Waals surface area contributed by atoms with Gasteiger partial charge in [-0.2, -0.15) is 0 Å². The molecule has 0 saturated carbocycles. The van der Waals surface area contributed by atoms with Crippen molar-refractivity contribution < 1.29 is 14.3 Å². The number of nitrogens with two attached hydrogens (primary N) is 2. The number of rotatable bonds is 16. The van der Waals surface area contributed by atoms with Crippen molar-refractivity contribution in [3.63, 3.8) is 0 Å². The molecule has 0 heterocycles. The molecule has 0 atom stereocenters. The molecule has 0 aliphatic heterocycles. The van der Waals surface area contributed by atoms with Crippen LogP contribution in [0.2, 0.25) is 0 Å². The van der Waals surface area contributed by atoms with Crippen LogP contribution in [0.5, 0.6) is 11.5 Å². The zero-order valence-electron chi connectivity index (χ0n) is 20.3. The Bertz CT molecular complexity index is 835. The molecule has 0 bridgehead atoms. The SMILES string of the molecule is CCCCCCCC(=O)c1ccc(Oc2ccc(C(=O)CCCCCCC)cc2N)c(N)c1. The Morgan fingerprint density at radius 2 is 1.03 bits per heavy atom. The summed E-state index contributed by atoms with van der Waals surface area (Å²) in [5.74, 6) is 1.08. The summed E-state index contributed by atoms with van der Waals surface area (Å²) in [6, 6.07) is 10.2. The van der Waals surface area contributed by atoms with Gasteiger partial charge >= 0.3 is 0 Å². The predicted molar refractivity (Wildman–Crippen MR) is 137 cm³/mol. The van der Waals surface area contributed by atoms with Crippen LogP contribution in [0, 0.1) is 0 Å². The quantitative estimate of drug-likeness (QED) is 0.154. The highest BCUT2D eigenvalue weighted by Crippen LogP contribution is 2.33. The smallest absolute Gasteiger partial charge is 0.162 e. The van der Waals surface area contributed by atoms with Crippen molar-refractivity contribution in [1.29, 1.82) is 0 Å². The number of ketones is 2. The number of hydrogen-bond acceptors (Lipinski definition) is 5. The fraction of sp³-hybridized carbons (Fsp3) is 0.500. The summed E-state index contributed by atoms with van der Waals surface area (Å²) in [6.45, 7) is 4.35. The van der Waals surface area contributed by atoms with Crippen molar-refractivity contribution in [2.45, 2.75) is 90.9 Å². The molecule has 0 aromatic heterocycles. The average molecular weight is 453 g/mol. The Morgan fingerprint density at radius 1 is 0.636 bits per heavy atom. The normalized spacial score (nSPS) is 10.8. The summed E-state index contributed by atoms with van der Waals surface area (Å²) in [4.78, 5) is 24.9. The molecule has 0 aliphatic carbocycles. The average Bonchev–Trinajstić information content (AvgIpc) is 2.80. The molecule has 2 aromatic rings. The molecule has 180 valence electrons. The molecule has 0 amide bonds. The van der Waals surface area contributed by atoms with E-state index in [1.807, 2.05) is 0 Å². The third-order valence-corrected chi connectivity index (χ3v) is 5.90. The molecule has 0 unspecified atom stereocenters. The number of Topliss-reactive ketones (excluding diaryl/α,β-unsaturated/α-hetero) is 2. The molecule has 5 heteroatoms. The van der Waals surface area contributed by atoms with E-state index in [-0.39, 0.29) is 11.6 Å². The number of nitrogen functional groups attached to an aromatic ring is 2. The van der Waals surface area contributed by atoms with Gasteiger partial charge in [0.15, 0.2) is 11.6 Å². The molecule has 0 aliphatic rings. The predicted octanol–water partition coefficient (Wildman–Crippen LogP) is 7.73. The lowest BCUT2D eigenvalue weighted by molar-refractivity contribution is 0.0971. The largest absolute Gasteiger partial charge is 0.453 e. The van der Waals surface area contributed by atoms with Gasteiger partial charge in [0.2, 0.25) is 0 Å². The third kappa shape index (κ3) is 8.91. The van der Waals surface area contributed by atoms with Gasteiger partial charge in [0.05, 0.1) is 11.4 Å². The van der Waals surface area contributed by atoms with E-state index in [0.717, 1.165) is 25.7 Å². The minimum absolute atomic E-state index is 0.0989. The van der Waals surface area contributed by atoms with Crippen LogP contribution in [0.25, 0.3) is 0 Å². The van der Waals surface area contributed by atoms with Crippen molar-refractivity contribution >= 4 is 22.9 Å². The number of carbonyl (C=O) groups is 2. The summed E-state index contributed by atoms with van der Waals surface area (Å²) in [6.07, 6.45) is 12.2. The van der Waals surface area contributed by atoms with E-state index < -0.39 is 0 Å². The van der Waals surface area contributed by atoms with Crippen molar-refractivity contribution in [3.05, 3.63) is 47.5 Å². The molecular formula is C28H40N2O3. The summed E-state index contributed by atoms with van der Waals surface area (Å²) in [7, 11) is 0. The Hall–Kier alpha value is -2.82. The van der Waals surface area contributed by atoms with Gasteiger partial charge in [0.25, 0.3) is 0 Å². The zero-order valence-corrected chi connectivity index (χ0v) is 20.3. The first kappa shape index (κ1) is 26.4. The van der Waals surface area contributed by atoms with Gasteiger partial charge in [-0.15, -0.1) is 0 Å². The van der Waals surface area contributed by atoms with Crippen LogP contribution in [-0.2, 0) is 0 Å². The molecule has 4 N–H and O–H groups in total. The van der Waals surface area contributed by atoms with Crippen molar-refractivity contribution in [2.75, 3.05) is 11.5 Å². The van der Waals surface area contributed by atoms with Crippen LogP contribution in [0.1, 0.15) is 112 Å². The lowest BCUT2D eigenvalue weighted by Crippen LogP contribution is -2.03. The highest BCUT2D eigenvalue weighted by Gasteiger charge is 2.13. The van der Waals surface area contributed by atoms with E-state index in [1.54, 1.807) is 36.4 Å². The van der Waals surface area contributed by atoms with E-state index in [2.05, 4.69) is 13.8 Å². The van der Waals surface area contributed by atoms with Crippen LogP contribution in [0.3, 0.4) is 0 Å². The monoisotopic (exact) mass is 452 g/mol. The second-order valence-electron chi connectivity index (χ2n) is 8.78. The summed E-state index contributed by atoms with van der Waals surface area (Å²) < 4.78 is 5.89. The van der Waals surface area contributed by atoms with E-state index in [4.69, 9.17) is 16.2 Å². The highest BCUT2D eigenvalue weighted by molar-refractivity contribution is 5.98. The molecule has 2 rings (SSSR count). The van der Waals surface area contributed by atoms with Gasteiger partial charge in [-0.25, -0.2) is 0 Å². The van der Waals surface area contributed by atoms with Crippen LogP contribution >= 0.6 is 0 Å². The van der Waals surface area contributed by atoms with Crippen LogP contribution in [0.15, 0.2) is 36.4 Å². The van der Waals surface area contributed by atoms with Crippen molar-refractivity contribution in [2.24, 2.45) is 0 Å². The molecule has 33 heavy (non-hydrogen) atoms. The van der Waals surface area contributed by atoms with E-state index >= 15 is 0 Å². The van der Waals surface area contributed by atoms with Crippen molar-refractivity contribution in [1.82, 2.24) is 0 Å². The molecule has 0 spiro atoms. The first-order valence-corrected chi connectivity index (χ1v) is 12.5. The van der Waals surface area contributed by atoms with Gasteiger partial charge < -0.3 is 16.2 Å². The number of carbonyl (C=O) groups excluding carboxylic acids is 2. The maximum absolute atomic E-state index is 12.4. The second kappa shape index (κ2) is 14.4. The molecular weight excluding hydrogens is 412 g/mol. The third-order valence-electron chi connectivity index (χ3n) is 5.90. The Morgan fingerprint density at radius 3 is 1.39 bits per heavy atom. The van der Waals surface area contributed by atoms with E-state index in [1.165, 1.54) is 38.5 Å². The fourth-order valence-corrected chi connectivity index (χ4v) is 3.82. The topological polar surface area (TPSA) is 95.4 Å². The molecule has 5 nitrogen and oxygen atoms in total. The Balaban J connectivity index is 1.93. The molecule has 0 fully saturated rings. The van der Waals surface area contributed by atoms with Crippen LogP contribution < -0.4 is 16.2 Å². The van der Waals surface area contributed by atoms with Gasteiger partial charge in [-0.05, 0) is 49.2 Å². The first-order valence-electron chi connectivity index (χ1n) is 12.5. The molecule has 2 aromatic carbocycles. The van der Waals surface area contributed by atoms with Gasteiger partial charge in [0.1, 0.15) is 11.5 Å². The minimum atomic E-state index is 0.0989. The van der Waals surface area contributed by atoms with E-state index in [0.29, 0.717) is 46.8 Å². The molecule has 0 radical (unpaired) electrons. The minimum Gasteiger partial charge on any atom is -0.453 e. The first-order chi connectivity index (χ1) is 16.0. The number of ether oxygens (including phenoxy) is 1. The highest BCUT2D eigenvalue weighted by atomic mass is 16.5. The molecule has 0 saturated heterocycles. The van der Waals surface area contributed by atoms with Gasteiger partial charge in [-0.1, -0.05) is 65.2 Å². The van der Waals surface area contributed by atoms with Gasteiger partial charge in [0, 0.05) is 24.0 Å². The number of anilines is 2. The standard InChI is InChI=1S/C28H40N2O3/c1-3-5-7-9-11-13-25(31)21-15-17-27(23(29)19-21)33-28-18-16-22(20-24(28)30)26(32)14-12-10-8-6-4-2/h15-20H,3-14,29-30H2,1-2H3. The van der Waals surface area contributed by atoms with Crippen LogP contribution in [-0.4, -0.2) is 11.6 Å². The Kier molecular flexibility index (Phi) is 11.5. The Labute approximate surface area is 198 Å². The summed E-state index contributed by atoms with van der Waals surface area (Å²) >= 11 is 0. The van der Waals surface area contributed by atoms with Gasteiger partial charge in [-0.3, -0.25) is 9.59 Å². The number of benzene rings is 2. The van der Waals surface area contributed by atoms with Crippen molar-refractivity contribution in [3.8, 4) is 11.5 Å². The van der Waals surface area contributed by atoms with E-state index in [9.17, 15) is 9.59 Å². The maximum atomic E-state index is 12.4. The lowest BCUT2D eigenvalue weighted by atomic mass is 10.0. The fourth-order valence-electron chi connectivity index (χ4n) is 3.82. The summed E-state index contributed by atoms with van der Waals surface area (Å²) in [5, 5.41) is 0. The maximum Gasteiger partial charge on any atom is 0.162 e.